The molecule has 0 heterocycles. The van der Waals surface area contributed by atoms with Crippen molar-refractivity contribution in [3.63, 3.8) is 0 Å². The maximum atomic E-state index is 2.48. The van der Waals surface area contributed by atoms with E-state index in [1.165, 1.54) is 12.8 Å². The average molecular weight is 287 g/mol. The quantitative estimate of drug-likeness (QED) is 0.428. The molecule has 0 heteroatoms. The highest BCUT2D eigenvalue weighted by Crippen LogP contribution is 2.53. The third kappa shape index (κ3) is 6.19. The summed E-state index contributed by atoms with van der Waals surface area (Å²) in [7, 11) is 0. The van der Waals surface area contributed by atoms with Crippen molar-refractivity contribution >= 4 is 0 Å². The Labute approximate surface area is 132 Å². The van der Waals surface area contributed by atoms with Gasteiger partial charge in [0, 0.05) is 0 Å². The van der Waals surface area contributed by atoms with Crippen molar-refractivity contribution in [3.05, 3.63) is 0 Å². The van der Waals surface area contributed by atoms with Gasteiger partial charge in [-0.15, -0.1) is 0 Å². The number of rotatable bonds is 0. The van der Waals surface area contributed by atoms with Crippen LogP contribution in [0.5, 0.6) is 0 Å². The Morgan fingerprint density at radius 3 is 0.700 bits per heavy atom. The van der Waals surface area contributed by atoms with Gasteiger partial charge in [0.05, 0.1) is 0 Å². The predicted molar refractivity (Wildman–Crippen MR) is 98.3 cm³/mol. The first-order chi connectivity index (χ1) is 9.63. The molecule has 4 atom stereocenters. The Balaban J connectivity index is -0.000000314. The molecule has 3 aliphatic carbocycles. The topological polar surface area (TPSA) is 0 Å². The minimum absolute atomic E-state index is 0.995. The van der Waals surface area contributed by atoms with Crippen LogP contribution in [-0.4, -0.2) is 0 Å². The fraction of sp³-hybridized carbons (Fsp3) is 1.00. The first kappa shape index (κ1) is 25.0. The van der Waals surface area contributed by atoms with E-state index in [0.29, 0.717) is 0 Å². The molecular weight excluding hydrogens is 240 g/mol. The van der Waals surface area contributed by atoms with Gasteiger partial charge in [-0.25, -0.2) is 0 Å². The molecule has 0 spiro atoms. The summed E-state index contributed by atoms with van der Waals surface area (Å²) >= 11 is 0. The lowest BCUT2D eigenvalue weighted by Gasteiger charge is -2.53. The van der Waals surface area contributed by atoms with Crippen molar-refractivity contribution in [1.82, 2.24) is 0 Å². The maximum Gasteiger partial charge on any atom is -0.0357 e. The van der Waals surface area contributed by atoms with Gasteiger partial charge in [-0.1, -0.05) is 83.1 Å². The van der Waals surface area contributed by atoms with Crippen LogP contribution in [0.3, 0.4) is 0 Å². The van der Waals surface area contributed by atoms with Crippen LogP contribution in [0.15, 0.2) is 0 Å². The first-order valence-electron chi connectivity index (χ1n) is 9.63. The van der Waals surface area contributed by atoms with Gasteiger partial charge in [0.25, 0.3) is 0 Å². The molecule has 2 bridgehead atoms. The summed E-state index contributed by atoms with van der Waals surface area (Å²) in [6.45, 7) is 25.9. The van der Waals surface area contributed by atoms with Crippen LogP contribution >= 0.6 is 0 Å². The standard InChI is InChI=1S/C12H22.4C2H6/c1-7-8(2)12-6-5-11(7)9(3)10(12)4;4*1-2/h7-12H,5-6H2,1-4H3;4*1-2H3. The lowest BCUT2D eigenvalue weighted by atomic mass is 9.52. The molecular formula is C20H46. The maximum absolute atomic E-state index is 2.48. The second-order valence-corrected chi connectivity index (χ2v) is 5.34. The van der Waals surface area contributed by atoms with Gasteiger partial charge in [-0.05, 0) is 48.3 Å². The third-order valence-corrected chi connectivity index (χ3v) is 5.19. The highest BCUT2D eigenvalue weighted by Gasteiger charge is 2.46. The van der Waals surface area contributed by atoms with E-state index in [1.807, 2.05) is 55.4 Å². The van der Waals surface area contributed by atoms with Gasteiger partial charge in [-0.3, -0.25) is 0 Å². The normalized spacial score (nSPS) is 36.6. The summed E-state index contributed by atoms with van der Waals surface area (Å²) in [5, 5.41) is 0. The molecule has 126 valence electrons. The van der Waals surface area contributed by atoms with Gasteiger partial charge >= 0.3 is 0 Å². The molecule has 0 aromatic carbocycles. The molecule has 4 unspecified atom stereocenters. The largest absolute Gasteiger partial charge is 0.0683 e. The van der Waals surface area contributed by atoms with Crippen LogP contribution in [0.1, 0.15) is 95.9 Å². The Morgan fingerprint density at radius 1 is 0.400 bits per heavy atom. The highest BCUT2D eigenvalue weighted by molar-refractivity contribution is 4.95. The van der Waals surface area contributed by atoms with E-state index in [-0.39, 0.29) is 0 Å². The molecule has 3 saturated carbocycles. The molecule has 0 aromatic rings. The van der Waals surface area contributed by atoms with Crippen molar-refractivity contribution < 1.29 is 0 Å². The Bertz CT molecular complexity index is 137. The van der Waals surface area contributed by atoms with E-state index in [0.717, 1.165) is 35.5 Å². The Morgan fingerprint density at radius 2 is 0.550 bits per heavy atom. The van der Waals surface area contributed by atoms with Crippen molar-refractivity contribution in [3.8, 4) is 0 Å². The van der Waals surface area contributed by atoms with Crippen LogP contribution in [0.25, 0.3) is 0 Å². The summed E-state index contributed by atoms with van der Waals surface area (Å²) in [6.07, 6.45) is 3.03. The SMILES string of the molecule is CC.CC.CC.CC.CC1C(C)C2CCC1C(C)C2C. The predicted octanol–water partition coefficient (Wildman–Crippen LogP) is 7.68. The number of fused-ring (bicyclic) bond motifs is 3. The third-order valence-electron chi connectivity index (χ3n) is 5.19. The molecule has 3 aliphatic rings. The number of hydrogen-bond acceptors (Lipinski definition) is 0. The van der Waals surface area contributed by atoms with E-state index >= 15 is 0 Å². The van der Waals surface area contributed by atoms with Crippen molar-refractivity contribution in [2.75, 3.05) is 0 Å². The lowest BCUT2D eigenvalue weighted by molar-refractivity contribution is -0.0466. The second-order valence-electron chi connectivity index (χ2n) is 5.34. The van der Waals surface area contributed by atoms with Crippen molar-refractivity contribution in [1.29, 1.82) is 0 Å². The summed E-state index contributed by atoms with van der Waals surface area (Å²) in [6, 6.07) is 0. The van der Waals surface area contributed by atoms with E-state index in [2.05, 4.69) is 27.7 Å². The first-order valence-corrected chi connectivity index (χ1v) is 9.63. The average Bonchev–Trinajstić information content (AvgIpc) is 2.55. The molecule has 0 radical (unpaired) electrons. The fourth-order valence-corrected chi connectivity index (χ4v) is 3.95. The molecule has 0 N–H and O–H groups in total. The molecule has 0 amide bonds. The molecule has 0 nitrogen and oxygen atoms in total. The van der Waals surface area contributed by atoms with Crippen LogP contribution in [0, 0.1) is 35.5 Å². The van der Waals surface area contributed by atoms with Gasteiger partial charge in [0.2, 0.25) is 0 Å². The van der Waals surface area contributed by atoms with Crippen molar-refractivity contribution in [2.24, 2.45) is 35.5 Å². The van der Waals surface area contributed by atoms with Gasteiger partial charge in [0.15, 0.2) is 0 Å². The smallest absolute Gasteiger partial charge is 0.0357 e. The monoisotopic (exact) mass is 286 g/mol. The fourth-order valence-electron chi connectivity index (χ4n) is 3.95. The van der Waals surface area contributed by atoms with Gasteiger partial charge < -0.3 is 0 Å². The summed E-state index contributed by atoms with van der Waals surface area (Å²) in [5.41, 5.74) is 0. The molecule has 0 saturated heterocycles. The van der Waals surface area contributed by atoms with Crippen LogP contribution in [-0.2, 0) is 0 Å². The van der Waals surface area contributed by atoms with Crippen molar-refractivity contribution in [2.45, 2.75) is 95.9 Å². The lowest BCUT2D eigenvalue weighted by Crippen LogP contribution is -2.47. The minimum atomic E-state index is 0.995. The molecule has 3 rings (SSSR count). The van der Waals surface area contributed by atoms with E-state index in [4.69, 9.17) is 0 Å². The summed E-state index contributed by atoms with van der Waals surface area (Å²) in [5.74, 6) is 6.06. The van der Waals surface area contributed by atoms with E-state index in [1.54, 1.807) is 0 Å². The van der Waals surface area contributed by atoms with Crippen LogP contribution in [0.4, 0.5) is 0 Å². The highest BCUT2D eigenvalue weighted by atomic mass is 14.5. The zero-order valence-electron chi connectivity index (χ0n) is 16.9. The molecule has 0 aliphatic heterocycles. The number of hydrogen-bond donors (Lipinski definition) is 0. The summed E-state index contributed by atoms with van der Waals surface area (Å²) in [4.78, 5) is 0. The van der Waals surface area contributed by atoms with Gasteiger partial charge in [-0.2, -0.15) is 0 Å². The summed E-state index contributed by atoms with van der Waals surface area (Å²) < 4.78 is 0. The zero-order chi connectivity index (χ0) is 16.9. The zero-order valence-corrected chi connectivity index (χ0v) is 16.9. The molecule has 0 aromatic heterocycles. The Hall–Kier alpha value is 0. The van der Waals surface area contributed by atoms with E-state index < -0.39 is 0 Å². The van der Waals surface area contributed by atoms with Crippen LogP contribution < -0.4 is 0 Å². The Kier molecular flexibility index (Phi) is 19.2. The van der Waals surface area contributed by atoms with Gasteiger partial charge in [0.1, 0.15) is 0 Å². The van der Waals surface area contributed by atoms with E-state index in [9.17, 15) is 0 Å². The molecule has 3 fully saturated rings. The second kappa shape index (κ2) is 15.4. The minimum Gasteiger partial charge on any atom is -0.0683 e. The molecule has 20 heavy (non-hydrogen) atoms. The van der Waals surface area contributed by atoms with Crippen LogP contribution in [0.2, 0.25) is 0 Å².